The number of aryl methyl sites for hydroxylation is 1. The number of aromatic nitrogens is 4. The predicted octanol–water partition coefficient (Wildman–Crippen LogP) is 13.6. The number of hydrogen-bond donors (Lipinski definition) is 5. The molecule has 2 aliphatic rings. The van der Waals surface area contributed by atoms with Crippen LogP contribution in [-0.4, -0.2) is 92.6 Å². The number of nitrogens with zero attached hydrogens (tertiary/aromatic N) is 7. The molecule has 0 spiro atoms. The second-order valence-electron chi connectivity index (χ2n) is 20.9. The van der Waals surface area contributed by atoms with Gasteiger partial charge in [-0.15, -0.1) is 0 Å². The second kappa shape index (κ2) is 28.4. The van der Waals surface area contributed by atoms with Crippen LogP contribution < -0.4 is 36.5 Å². The average molecular weight is 1130 g/mol. The number of imidazole rings is 1. The number of halogens is 4. The summed E-state index contributed by atoms with van der Waals surface area (Å²) in [5.41, 5.74) is 9.88. The summed E-state index contributed by atoms with van der Waals surface area (Å²) in [6.45, 7) is 16.4. The van der Waals surface area contributed by atoms with Crippen molar-refractivity contribution >= 4 is 80.6 Å². The van der Waals surface area contributed by atoms with Gasteiger partial charge >= 0.3 is 0 Å². The standard InChI is InChI=1S/C30H34F2N6O2.C20H27N5O2.C10H9F2NS/c1-18(2)22-15-25(24(32)16-23(22)31)34-30-35-26-13-20(5-6-27(26)37(30)4)40-21-7-10-33-28(14-21)36-29(39)17-38-11-8-19(3)9-12-38;1-14-6-9-25(10-7-14)13-20(26)24-19-12-16(5-8-23-19)27-15-3-4-18(22-2)17(21)11-15;1-6(2)7-3-10(13-5-14)9(12)4-8(7)11/h5-7,10,13-16,18-19H,8-9,11-12,17H2,1-4H3,(H,34,35)(H,33,36,39);3-5,8,11-12,14,22H,6-7,9-10,13,21H2,1-2H3,(H,23,24,26);3-4,6H,1-2H3. The predicted molar refractivity (Wildman–Crippen MR) is 316 cm³/mol. The van der Waals surface area contributed by atoms with Gasteiger partial charge in [-0.2, -0.15) is 4.99 Å². The molecule has 4 aromatic carbocycles. The third-order valence-corrected chi connectivity index (χ3v) is 14.0. The van der Waals surface area contributed by atoms with E-state index in [9.17, 15) is 27.2 Å². The molecule has 3 aromatic heterocycles. The van der Waals surface area contributed by atoms with E-state index in [4.69, 9.17) is 15.2 Å². The number of likely N-dealkylation sites (tertiary alicyclic amines) is 2. The summed E-state index contributed by atoms with van der Waals surface area (Å²) in [6, 6.07) is 22.3. The Hall–Kier alpha value is -7.97. The summed E-state index contributed by atoms with van der Waals surface area (Å²) >= 11 is 4.36. The number of hydrogen-bond acceptors (Lipinski definition) is 14. The average Bonchev–Trinajstić information content (AvgIpc) is 3.76. The lowest BCUT2D eigenvalue weighted by molar-refractivity contribution is -0.118. The van der Waals surface area contributed by atoms with E-state index in [1.54, 1.807) is 59.4 Å². The third kappa shape index (κ3) is 17.3. The number of pyridine rings is 2. The molecule has 6 N–H and O–H groups in total. The first-order valence-electron chi connectivity index (χ1n) is 26.9. The first kappa shape index (κ1) is 60.7. The van der Waals surface area contributed by atoms with E-state index in [0.717, 1.165) is 81.1 Å². The summed E-state index contributed by atoms with van der Waals surface area (Å²) in [5.74, 6) is 2.21. The number of isothiocyanates is 1. The highest BCUT2D eigenvalue weighted by molar-refractivity contribution is 7.78. The third-order valence-electron chi connectivity index (χ3n) is 13.9. The summed E-state index contributed by atoms with van der Waals surface area (Å²) in [6.07, 6.45) is 7.69. The van der Waals surface area contributed by atoms with Gasteiger partial charge in [-0.1, -0.05) is 41.5 Å². The molecule has 0 saturated carbocycles. The van der Waals surface area contributed by atoms with Gasteiger partial charge in [0.15, 0.2) is 5.82 Å². The summed E-state index contributed by atoms with van der Waals surface area (Å²) in [5, 5.41) is 13.8. The highest BCUT2D eigenvalue weighted by atomic mass is 32.1. The van der Waals surface area contributed by atoms with Crippen molar-refractivity contribution in [3.63, 3.8) is 0 Å². The molecule has 5 heterocycles. The van der Waals surface area contributed by atoms with Crippen LogP contribution in [0.4, 0.5) is 57.9 Å². The Morgan fingerprint density at radius 3 is 1.68 bits per heavy atom. The van der Waals surface area contributed by atoms with Crippen LogP contribution in [0, 0.1) is 35.1 Å². The van der Waals surface area contributed by atoms with Crippen molar-refractivity contribution in [1.82, 2.24) is 29.3 Å². The Morgan fingerprint density at radius 1 is 0.679 bits per heavy atom. The highest BCUT2D eigenvalue weighted by Gasteiger charge is 2.21. The number of nitrogens with one attached hydrogen (secondary N) is 4. The van der Waals surface area contributed by atoms with Crippen LogP contribution in [0.1, 0.15) is 90.2 Å². The molecule has 9 rings (SSSR count). The zero-order valence-electron chi connectivity index (χ0n) is 46.9. The maximum absolute atomic E-state index is 14.5. The number of ether oxygens (including phenoxy) is 2. The molecule has 2 saturated heterocycles. The number of nitrogen functional groups attached to an aromatic ring is 1. The molecular weight excluding hydrogens is 1060 g/mol. The van der Waals surface area contributed by atoms with Crippen LogP contribution in [0.2, 0.25) is 0 Å². The van der Waals surface area contributed by atoms with Crippen molar-refractivity contribution in [1.29, 1.82) is 0 Å². The number of benzene rings is 4. The number of aliphatic imine (C=N–C) groups is 1. The fraction of sp³-hybridized carbons (Fsp3) is 0.367. The van der Waals surface area contributed by atoms with Crippen molar-refractivity contribution in [2.45, 2.75) is 79.1 Å². The van der Waals surface area contributed by atoms with E-state index in [-0.39, 0.29) is 35.0 Å². The largest absolute Gasteiger partial charge is 0.457 e. The van der Waals surface area contributed by atoms with Gasteiger partial charge in [0, 0.05) is 62.9 Å². The number of anilines is 6. The highest BCUT2D eigenvalue weighted by Crippen LogP contribution is 2.33. The number of amides is 2. The zero-order chi connectivity index (χ0) is 58.3. The fourth-order valence-corrected chi connectivity index (χ4v) is 9.21. The number of carbonyl (C=O) groups excluding carboxylic acids is 2. The molecular formula is C60H70F4N12O4S. The number of nitrogens with two attached hydrogens (primary N) is 1. The van der Waals surface area contributed by atoms with Crippen molar-refractivity contribution in [3.05, 3.63) is 132 Å². The number of thiocarbonyl (C=S) groups is 1. The van der Waals surface area contributed by atoms with Crippen LogP contribution in [-0.2, 0) is 16.6 Å². The zero-order valence-corrected chi connectivity index (χ0v) is 47.7. The van der Waals surface area contributed by atoms with Crippen molar-refractivity contribution < 1.29 is 36.6 Å². The number of fused-ring (bicyclic) bond motifs is 1. The smallest absolute Gasteiger partial charge is 0.239 e. The lowest BCUT2D eigenvalue weighted by Gasteiger charge is -2.29. The van der Waals surface area contributed by atoms with Crippen molar-refractivity contribution in [2.24, 2.45) is 23.9 Å². The molecule has 0 bridgehead atoms. The van der Waals surface area contributed by atoms with E-state index in [0.29, 0.717) is 81.9 Å². The monoisotopic (exact) mass is 1130 g/mol. The van der Waals surface area contributed by atoms with Gasteiger partial charge < -0.3 is 41.0 Å². The van der Waals surface area contributed by atoms with Gasteiger partial charge in [0.25, 0.3) is 0 Å². The molecule has 2 amide bonds. The normalized spacial score (nSPS) is 14.0. The maximum atomic E-state index is 14.5. The van der Waals surface area contributed by atoms with Crippen LogP contribution in [0.5, 0.6) is 23.0 Å². The first-order valence-corrected chi connectivity index (χ1v) is 27.3. The Labute approximate surface area is 475 Å². The Balaban J connectivity index is 0.000000198. The fourth-order valence-electron chi connectivity index (χ4n) is 9.11. The lowest BCUT2D eigenvalue weighted by Crippen LogP contribution is -2.38. The number of piperidine rings is 2. The second-order valence-corrected chi connectivity index (χ2v) is 21.1. The SMILES string of the molecule is CC(C)c1cc(N=C=S)c(F)cc1F.CC1CCN(CC(=O)Nc2cc(Oc3ccc4c(c3)nc(Nc3cc(C(C)C)c(F)cc3F)n4C)ccn2)CC1.CNc1ccc(Oc2ccnc(NC(=O)CN3CCC(C)CC3)c2)cc1N. The van der Waals surface area contributed by atoms with E-state index in [1.165, 1.54) is 12.1 Å². The molecule has 21 heteroatoms. The minimum Gasteiger partial charge on any atom is -0.457 e. The van der Waals surface area contributed by atoms with Crippen molar-refractivity contribution in [2.75, 3.05) is 73.3 Å². The summed E-state index contributed by atoms with van der Waals surface area (Å²) < 4.78 is 68.6. The number of rotatable bonds is 16. The molecule has 0 radical (unpaired) electrons. The van der Waals surface area contributed by atoms with Gasteiger partial charge in [-0.3, -0.25) is 19.4 Å². The van der Waals surface area contributed by atoms with Crippen LogP contribution in [0.25, 0.3) is 11.0 Å². The van der Waals surface area contributed by atoms with E-state index in [2.05, 4.69) is 82.2 Å². The van der Waals surface area contributed by atoms with Crippen LogP contribution in [0.3, 0.4) is 0 Å². The Kier molecular flexibility index (Phi) is 21.3. The molecule has 7 aromatic rings. The Bertz CT molecular complexity index is 3360. The van der Waals surface area contributed by atoms with Crippen LogP contribution in [0.15, 0.2) is 102 Å². The van der Waals surface area contributed by atoms with Gasteiger partial charge in [0.05, 0.1) is 46.3 Å². The van der Waals surface area contributed by atoms with Gasteiger partial charge in [-0.05, 0) is 147 Å². The minimum absolute atomic E-state index is 0.0188. The quantitative estimate of drug-likeness (QED) is 0.0266. The lowest BCUT2D eigenvalue weighted by atomic mass is 9.99. The van der Waals surface area contributed by atoms with E-state index >= 15 is 0 Å². The molecule has 2 aliphatic heterocycles. The van der Waals surface area contributed by atoms with Gasteiger partial charge in [-0.25, -0.2) is 32.5 Å². The van der Waals surface area contributed by atoms with Crippen molar-refractivity contribution in [3.8, 4) is 23.0 Å². The molecule has 0 aliphatic carbocycles. The first-order chi connectivity index (χ1) is 38.7. The Morgan fingerprint density at radius 2 is 1.17 bits per heavy atom. The molecule has 16 nitrogen and oxygen atoms in total. The maximum Gasteiger partial charge on any atom is 0.239 e. The molecule has 0 atom stereocenters. The van der Waals surface area contributed by atoms with Crippen LogP contribution >= 0.6 is 12.2 Å². The van der Waals surface area contributed by atoms with Gasteiger partial charge in [0.1, 0.15) is 57.8 Å². The molecule has 0 unspecified atom stereocenters. The molecule has 428 valence electrons. The topological polar surface area (TPSA) is 189 Å². The molecule has 2 fully saturated rings. The molecule has 81 heavy (non-hydrogen) atoms. The number of carbonyl (C=O) groups is 2. The summed E-state index contributed by atoms with van der Waals surface area (Å²) in [4.78, 5) is 45.7. The minimum atomic E-state index is -0.718. The van der Waals surface area contributed by atoms with E-state index in [1.807, 2.05) is 60.0 Å². The van der Waals surface area contributed by atoms with Gasteiger partial charge in [0.2, 0.25) is 17.8 Å². The summed E-state index contributed by atoms with van der Waals surface area (Å²) in [7, 11) is 3.62. The van der Waals surface area contributed by atoms with E-state index < -0.39 is 23.3 Å².